The predicted octanol–water partition coefficient (Wildman–Crippen LogP) is 1.69. The Kier molecular flexibility index (Phi) is 3.91. The van der Waals surface area contributed by atoms with Gasteiger partial charge in [0.1, 0.15) is 0 Å². The Labute approximate surface area is 75.9 Å². The minimum absolute atomic E-state index is 0.261. The molecule has 2 nitrogen and oxygen atoms in total. The Hall–Kier alpha value is -0.0500. The van der Waals surface area contributed by atoms with Gasteiger partial charge < -0.3 is 5.32 Å². The van der Waals surface area contributed by atoms with E-state index in [1.807, 2.05) is 0 Å². The molecule has 1 aliphatic rings. The van der Waals surface area contributed by atoms with Crippen molar-refractivity contribution in [2.45, 2.75) is 25.7 Å². The molecule has 0 atom stereocenters. The summed E-state index contributed by atoms with van der Waals surface area (Å²) in [6, 6.07) is 0. The average Bonchev–Trinajstić information content (AvgIpc) is 1.84. The van der Waals surface area contributed by atoms with E-state index in [-0.39, 0.29) is 5.91 Å². The number of amides is 1. The summed E-state index contributed by atoms with van der Waals surface area (Å²) in [7, 11) is 0. The van der Waals surface area contributed by atoms with Crippen LogP contribution in [0.25, 0.3) is 0 Å². The normalized spacial score (nSPS) is 17.5. The first kappa shape index (κ1) is 9.04. The molecule has 1 N–H and O–H groups in total. The highest BCUT2D eigenvalue weighted by molar-refractivity contribution is 9.09. The van der Waals surface area contributed by atoms with Crippen LogP contribution >= 0.6 is 15.9 Å². The van der Waals surface area contributed by atoms with Crippen LogP contribution in [0.3, 0.4) is 0 Å². The van der Waals surface area contributed by atoms with E-state index < -0.39 is 0 Å². The van der Waals surface area contributed by atoms with Gasteiger partial charge in [0.15, 0.2) is 0 Å². The van der Waals surface area contributed by atoms with Gasteiger partial charge in [-0.1, -0.05) is 22.4 Å². The minimum Gasteiger partial charge on any atom is -0.356 e. The largest absolute Gasteiger partial charge is 0.356 e. The van der Waals surface area contributed by atoms with Gasteiger partial charge in [-0.25, -0.2) is 0 Å². The van der Waals surface area contributed by atoms with E-state index >= 15 is 0 Å². The van der Waals surface area contributed by atoms with E-state index in [1.54, 1.807) is 0 Å². The monoisotopic (exact) mass is 219 g/mol. The zero-order valence-electron chi connectivity index (χ0n) is 6.61. The van der Waals surface area contributed by atoms with E-state index in [0.717, 1.165) is 31.1 Å². The van der Waals surface area contributed by atoms with Crippen LogP contribution in [0.4, 0.5) is 0 Å². The van der Waals surface area contributed by atoms with Crippen LogP contribution in [0.2, 0.25) is 0 Å². The summed E-state index contributed by atoms with van der Waals surface area (Å²) in [5, 5.41) is 3.89. The summed E-state index contributed by atoms with van der Waals surface area (Å²) in [5.74, 6) is 0.600. The number of hydrogen-bond acceptors (Lipinski definition) is 1. The van der Waals surface area contributed by atoms with Gasteiger partial charge in [-0.05, 0) is 19.3 Å². The van der Waals surface area contributed by atoms with Crippen molar-refractivity contribution in [2.75, 3.05) is 11.9 Å². The molecule has 1 aliphatic carbocycles. The maximum atomic E-state index is 11.2. The lowest BCUT2D eigenvalue weighted by Gasteiger charge is -2.23. The lowest BCUT2D eigenvalue weighted by atomic mass is 9.85. The first-order valence-electron chi connectivity index (χ1n) is 4.18. The third-order valence-corrected chi connectivity index (χ3v) is 2.65. The molecule has 0 spiro atoms. The smallest absolute Gasteiger partial charge is 0.223 e. The molecule has 0 unspecified atom stereocenters. The van der Waals surface area contributed by atoms with Crippen LogP contribution in [-0.4, -0.2) is 17.8 Å². The van der Waals surface area contributed by atoms with Gasteiger partial charge in [0.05, 0.1) is 0 Å². The summed E-state index contributed by atoms with van der Waals surface area (Å²) < 4.78 is 0. The fraction of sp³-hybridized carbons (Fsp3) is 0.875. The molecule has 1 amide bonds. The number of carbonyl (C=O) groups is 1. The van der Waals surface area contributed by atoms with Crippen molar-refractivity contribution < 1.29 is 4.79 Å². The van der Waals surface area contributed by atoms with Gasteiger partial charge in [0, 0.05) is 17.8 Å². The van der Waals surface area contributed by atoms with Crippen molar-refractivity contribution in [2.24, 2.45) is 5.92 Å². The molecule has 1 saturated carbocycles. The molecule has 3 heteroatoms. The third-order valence-electron chi connectivity index (χ3n) is 2.09. The second-order valence-electron chi connectivity index (χ2n) is 2.96. The molecule has 1 fully saturated rings. The lowest BCUT2D eigenvalue weighted by molar-refractivity contribution is -0.127. The molecule has 0 bridgehead atoms. The lowest BCUT2D eigenvalue weighted by Crippen LogP contribution is -2.34. The molecule has 0 aliphatic heterocycles. The van der Waals surface area contributed by atoms with Crippen molar-refractivity contribution in [1.29, 1.82) is 0 Å². The Balaban J connectivity index is 2.01. The maximum Gasteiger partial charge on any atom is 0.223 e. The second-order valence-corrected chi connectivity index (χ2v) is 3.75. The molecular formula is C8H14BrNO. The van der Waals surface area contributed by atoms with E-state index in [0.29, 0.717) is 5.92 Å². The molecule has 1 rings (SSSR count). The summed E-state index contributed by atoms with van der Waals surface area (Å²) >= 11 is 3.32. The van der Waals surface area contributed by atoms with Crippen molar-refractivity contribution >= 4 is 21.8 Å². The SMILES string of the molecule is O=C(NCCCBr)C1CCC1. The number of carbonyl (C=O) groups excluding carboxylic acids is 1. The maximum absolute atomic E-state index is 11.2. The molecule has 0 aromatic carbocycles. The van der Waals surface area contributed by atoms with Crippen LogP contribution in [0.15, 0.2) is 0 Å². The van der Waals surface area contributed by atoms with Crippen LogP contribution in [0.1, 0.15) is 25.7 Å². The van der Waals surface area contributed by atoms with Crippen molar-refractivity contribution in [1.82, 2.24) is 5.32 Å². The van der Waals surface area contributed by atoms with Crippen molar-refractivity contribution in [3.63, 3.8) is 0 Å². The highest BCUT2D eigenvalue weighted by Crippen LogP contribution is 2.25. The van der Waals surface area contributed by atoms with Gasteiger partial charge in [-0.2, -0.15) is 0 Å². The molecule has 0 heterocycles. The summed E-state index contributed by atoms with van der Waals surface area (Å²) in [6.45, 7) is 0.820. The van der Waals surface area contributed by atoms with E-state index in [4.69, 9.17) is 0 Å². The predicted molar refractivity (Wildman–Crippen MR) is 48.8 cm³/mol. The Morgan fingerprint density at radius 1 is 1.55 bits per heavy atom. The topological polar surface area (TPSA) is 29.1 Å². The van der Waals surface area contributed by atoms with Crippen LogP contribution in [0.5, 0.6) is 0 Å². The minimum atomic E-state index is 0.261. The number of halogens is 1. The Morgan fingerprint density at radius 3 is 2.73 bits per heavy atom. The van der Waals surface area contributed by atoms with Gasteiger partial charge in [0.2, 0.25) is 5.91 Å². The van der Waals surface area contributed by atoms with E-state index in [2.05, 4.69) is 21.2 Å². The zero-order chi connectivity index (χ0) is 8.10. The van der Waals surface area contributed by atoms with Crippen LogP contribution in [-0.2, 0) is 4.79 Å². The molecular weight excluding hydrogens is 206 g/mol. The molecule has 0 aromatic rings. The Bertz CT molecular complexity index is 134. The molecule has 11 heavy (non-hydrogen) atoms. The van der Waals surface area contributed by atoms with E-state index in [9.17, 15) is 4.79 Å². The second kappa shape index (κ2) is 4.75. The van der Waals surface area contributed by atoms with Crippen LogP contribution in [0, 0.1) is 5.92 Å². The highest BCUT2D eigenvalue weighted by Gasteiger charge is 2.24. The third kappa shape index (κ3) is 2.81. The van der Waals surface area contributed by atoms with E-state index in [1.165, 1.54) is 6.42 Å². The van der Waals surface area contributed by atoms with Gasteiger partial charge in [-0.15, -0.1) is 0 Å². The number of hydrogen-bond donors (Lipinski definition) is 1. The summed E-state index contributed by atoms with van der Waals surface area (Å²) in [6.07, 6.45) is 4.45. The standard InChI is InChI=1S/C8H14BrNO/c9-5-2-6-10-8(11)7-3-1-4-7/h7H,1-6H2,(H,10,11). The number of rotatable bonds is 4. The average molecular weight is 220 g/mol. The number of alkyl halides is 1. The van der Waals surface area contributed by atoms with Crippen molar-refractivity contribution in [3.05, 3.63) is 0 Å². The molecule has 0 radical (unpaired) electrons. The fourth-order valence-electron chi connectivity index (χ4n) is 1.09. The van der Waals surface area contributed by atoms with Gasteiger partial charge in [-0.3, -0.25) is 4.79 Å². The van der Waals surface area contributed by atoms with Gasteiger partial charge >= 0.3 is 0 Å². The summed E-state index contributed by atoms with van der Waals surface area (Å²) in [4.78, 5) is 11.2. The fourth-order valence-corrected chi connectivity index (χ4v) is 1.37. The first-order valence-corrected chi connectivity index (χ1v) is 5.30. The first-order chi connectivity index (χ1) is 5.34. The van der Waals surface area contributed by atoms with Gasteiger partial charge in [0.25, 0.3) is 0 Å². The molecule has 0 aromatic heterocycles. The molecule has 0 saturated heterocycles. The number of nitrogens with one attached hydrogen (secondary N) is 1. The van der Waals surface area contributed by atoms with Crippen LogP contribution < -0.4 is 5.32 Å². The molecule has 64 valence electrons. The highest BCUT2D eigenvalue weighted by atomic mass is 79.9. The zero-order valence-corrected chi connectivity index (χ0v) is 8.19. The quantitative estimate of drug-likeness (QED) is 0.566. The summed E-state index contributed by atoms with van der Waals surface area (Å²) in [5.41, 5.74) is 0. The van der Waals surface area contributed by atoms with Crippen molar-refractivity contribution in [3.8, 4) is 0 Å². The Morgan fingerprint density at radius 2 is 2.27 bits per heavy atom.